The number of hydrogen-bond donors (Lipinski definition) is 1. The van der Waals surface area contributed by atoms with Crippen molar-refractivity contribution in [3.63, 3.8) is 0 Å². The van der Waals surface area contributed by atoms with E-state index in [-0.39, 0.29) is 17.7 Å². The van der Waals surface area contributed by atoms with Crippen molar-refractivity contribution < 1.29 is 9.59 Å². The molecule has 0 unspecified atom stereocenters. The fourth-order valence-electron chi connectivity index (χ4n) is 3.58. The number of likely N-dealkylation sites (tertiary alicyclic amines) is 1. The van der Waals surface area contributed by atoms with Crippen molar-refractivity contribution in [2.45, 2.75) is 45.6 Å². The summed E-state index contributed by atoms with van der Waals surface area (Å²) in [5, 5.41) is 2.92. The maximum atomic E-state index is 12.7. The molecule has 2 aliphatic heterocycles. The monoisotopic (exact) mass is 330 g/mol. The van der Waals surface area contributed by atoms with Crippen LogP contribution in [0.2, 0.25) is 0 Å². The minimum Gasteiger partial charge on any atom is -0.357 e. The predicted octanol–water partition coefficient (Wildman–Crippen LogP) is 2.27. The molecule has 6 heteroatoms. The second-order valence-corrected chi connectivity index (χ2v) is 6.97. The highest BCUT2D eigenvalue weighted by atomic mass is 16.2. The van der Waals surface area contributed by atoms with Gasteiger partial charge in [0, 0.05) is 26.1 Å². The lowest BCUT2D eigenvalue weighted by Gasteiger charge is -2.29. The summed E-state index contributed by atoms with van der Waals surface area (Å²) in [5.41, 5.74) is 0.681. The van der Waals surface area contributed by atoms with E-state index in [0.717, 1.165) is 25.3 Å². The molecule has 1 aromatic heterocycles. The first kappa shape index (κ1) is 16.7. The number of nitrogens with one attached hydrogen (secondary N) is 1. The van der Waals surface area contributed by atoms with Crippen LogP contribution in [0, 0.1) is 5.92 Å². The van der Waals surface area contributed by atoms with Crippen LogP contribution in [0.1, 0.15) is 39.5 Å². The topological polar surface area (TPSA) is 65.5 Å². The first-order valence-electron chi connectivity index (χ1n) is 8.87. The molecule has 130 valence electrons. The van der Waals surface area contributed by atoms with Crippen LogP contribution in [0.15, 0.2) is 18.3 Å². The molecule has 0 radical (unpaired) electrons. The molecule has 0 aromatic carbocycles. The Morgan fingerprint density at radius 3 is 2.46 bits per heavy atom. The quantitative estimate of drug-likeness (QED) is 0.899. The Morgan fingerprint density at radius 1 is 1.17 bits per heavy atom. The van der Waals surface area contributed by atoms with E-state index in [1.165, 1.54) is 12.8 Å². The minimum absolute atomic E-state index is 0.0730. The molecule has 2 fully saturated rings. The molecule has 0 aliphatic carbocycles. The maximum Gasteiger partial charge on any atom is 0.247 e. The van der Waals surface area contributed by atoms with Crippen molar-refractivity contribution in [2.24, 2.45) is 5.92 Å². The van der Waals surface area contributed by atoms with Gasteiger partial charge in [0.05, 0.1) is 11.9 Å². The van der Waals surface area contributed by atoms with Crippen LogP contribution >= 0.6 is 0 Å². The van der Waals surface area contributed by atoms with Gasteiger partial charge in [0.1, 0.15) is 11.9 Å². The second-order valence-electron chi connectivity index (χ2n) is 6.97. The summed E-state index contributed by atoms with van der Waals surface area (Å²) in [6.07, 6.45) is 5.50. The van der Waals surface area contributed by atoms with Gasteiger partial charge in [0.25, 0.3) is 0 Å². The number of amides is 2. The molecule has 1 N–H and O–H groups in total. The predicted molar refractivity (Wildman–Crippen MR) is 93.9 cm³/mol. The highest BCUT2D eigenvalue weighted by Crippen LogP contribution is 2.22. The van der Waals surface area contributed by atoms with Crippen LogP contribution in [0.4, 0.5) is 11.5 Å². The molecule has 3 heterocycles. The zero-order chi connectivity index (χ0) is 17.1. The first-order valence-corrected chi connectivity index (χ1v) is 8.87. The van der Waals surface area contributed by atoms with Crippen molar-refractivity contribution in [2.75, 3.05) is 29.9 Å². The molecule has 24 heavy (non-hydrogen) atoms. The van der Waals surface area contributed by atoms with E-state index in [4.69, 9.17) is 0 Å². The van der Waals surface area contributed by atoms with Gasteiger partial charge in [0.2, 0.25) is 11.8 Å². The fraction of sp³-hybridized carbons (Fsp3) is 0.611. The van der Waals surface area contributed by atoms with Gasteiger partial charge in [-0.2, -0.15) is 0 Å². The number of anilines is 2. The van der Waals surface area contributed by atoms with Crippen molar-refractivity contribution in [1.82, 2.24) is 9.88 Å². The van der Waals surface area contributed by atoms with Crippen LogP contribution in [0.3, 0.4) is 0 Å². The molecule has 0 saturated carbocycles. The van der Waals surface area contributed by atoms with E-state index < -0.39 is 6.04 Å². The van der Waals surface area contributed by atoms with Crippen LogP contribution in [-0.4, -0.2) is 47.4 Å². The smallest absolute Gasteiger partial charge is 0.247 e. The highest BCUT2D eigenvalue weighted by Gasteiger charge is 2.34. The molecule has 2 amide bonds. The minimum atomic E-state index is -0.418. The molecule has 3 rings (SSSR count). The van der Waals surface area contributed by atoms with Crippen molar-refractivity contribution >= 4 is 23.3 Å². The number of carbonyl (C=O) groups excluding carboxylic acids is 2. The molecule has 2 aliphatic rings. The van der Waals surface area contributed by atoms with E-state index in [1.807, 2.05) is 26.0 Å². The maximum absolute atomic E-state index is 12.7. The SMILES string of the molecule is CC(C)[C@@H](C(=O)Nc1ccc(N2CCCC2)nc1)N1CCCC1=O. The van der Waals surface area contributed by atoms with Gasteiger partial charge in [-0.3, -0.25) is 9.59 Å². The van der Waals surface area contributed by atoms with Gasteiger partial charge in [0.15, 0.2) is 0 Å². The summed E-state index contributed by atoms with van der Waals surface area (Å²) in [6.45, 7) is 6.72. The van der Waals surface area contributed by atoms with E-state index in [1.54, 1.807) is 11.1 Å². The summed E-state index contributed by atoms with van der Waals surface area (Å²) in [4.78, 5) is 33.1. The summed E-state index contributed by atoms with van der Waals surface area (Å²) < 4.78 is 0. The van der Waals surface area contributed by atoms with Crippen molar-refractivity contribution in [3.05, 3.63) is 18.3 Å². The molecular formula is C18H26N4O2. The lowest BCUT2D eigenvalue weighted by Crippen LogP contribution is -2.47. The van der Waals surface area contributed by atoms with Gasteiger partial charge < -0.3 is 15.1 Å². The Hall–Kier alpha value is -2.11. The van der Waals surface area contributed by atoms with Crippen molar-refractivity contribution in [3.8, 4) is 0 Å². The molecule has 0 spiro atoms. The van der Waals surface area contributed by atoms with E-state index in [0.29, 0.717) is 18.7 Å². The van der Waals surface area contributed by atoms with Crippen LogP contribution < -0.4 is 10.2 Å². The molecule has 6 nitrogen and oxygen atoms in total. The largest absolute Gasteiger partial charge is 0.357 e. The summed E-state index contributed by atoms with van der Waals surface area (Å²) in [7, 11) is 0. The highest BCUT2D eigenvalue weighted by molar-refractivity contribution is 5.97. The number of nitrogens with zero attached hydrogens (tertiary/aromatic N) is 3. The van der Waals surface area contributed by atoms with Gasteiger partial charge in [-0.05, 0) is 37.3 Å². The van der Waals surface area contributed by atoms with E-state index in [9.17, 15) is 9.59 Å². The third-order valence-electron chi connectivity index (χ3n) is 4.79. The van der Waals surface area contributed by atoms with Crippen molar-refractivity contribution in [1.29, 1.82) is 0 Å². The lowest BCUT2D eigenvalue weighted by molar-refractivity contribution is -0.136. The Bertz CT molecular complexity index is 594. The first-order chi connectivity index (χ1) is 11.6. The third-order valence-corrected chi connectivity index (χ3v) is 4.79. The normalized spacial score (nSPS) is 19.2. The second kappa shape index (κ2) is 7.20. The number of pyridine rings is 1. The molecular weight excluding hydrogens is 304 g/mol. The van der Waals surface area contributed by atoms with Crippen LogP contribution in [0.25, 0.3) is 0 Å². The van der Waals surface area contributed by atoms with Gasteiger partial charge in [-0.1, -0.05) is 13.8 Å². The molecule has 2 saturated heterocycles. The number of hydrogen-bond acceptors (Lipinski definition) is 4. The van der Waals surface area contributed by atoms with Crippen LogP contribution in [-0.2, 0) is 9.59 Å². The Kier molecular flexibility index (Phi) is 5.02. The average Bonchev–Trinajstić information content (AvgIpc) is 3.21. The van der Waals surface area contributed by atoms with Crippen LogP contribution in [0.5, 0.6) is 0 Å². The number of aromatic nitrogens is 1. The summed E-state index contributed by atoms with van der Waals surface area (Å²) >= 11 is 0. The molecule has 1 atom stereocenters. The number of rotatable bonds is 5. The summed E-state index contributed by atoms with van der Waals surface area (Å²) in [5.74, 6) is 0.979. The average molecular weight is 330 g/mol. The fourth-order valence-corrected chi connectivity index (χ4v) is 3.58. The standard InChI is InChI=1S/C18H26N4O2/c1-13(2)17(22-11-5-6-16(22)23)18(24)20-14-7-8-15(19-12-14)21-9-3-4-10-21/h7-8,12-13,17H,3-6,9-11H2,1-2H3,(H,20,24)/t17-/m0/s1. The number of carbonyl (C=O) groups is 2. The van der Waals surface area contributed by atoms with Gasteiger partial charge >= 0.3 is 0 Å². The van der Waals surface area contributed by atoms with E-state index >= 15 is 0 Å². The van der Waals surface area contributed by atoms with E-state index in [2.05, 4.69) is 15.2 Å². The third kappa shape index (κ3) is 3.52. The summed E-state index contributed by atoms with van der Waals surface area (Å²) in [6, 6.07) is 3.42. The Labute approximate surface area is 143 Å². The van der Waals surface area contributed by atoms with Gasteiger partial charge in [-0.25, -0.2) is 4.98 Å². The Morgan fingerprint density at radius 2 is 1.92 bits per heavy atom. The van der Waals surface area contributed by atoms with Gasteiger partial charge in [-0.15, -0.1) is 0 Å². The zero-order valence-electron chi connectivity index (χ0n) is 14.5. The molecule has 0 bridgehead atoms. The lowest BCUT2D eigenvalue weighted by atomic mass is 10.0. The molecule has 1 aromatic rings. The Balaban J connectivity index is 1.67. The zero-order valence-corrected chi connectivity index (χ0v) is 14.5.